The Morgan fingerprint density at radius 2 is 1.60 bits per heavy atom. The molecule has 2 heterocycles. The smallest absolute Gasteiger partial charge is 0.414 e. The topological polar surface area (TPSA) is 109 Å². The molecule has 3 aromatic carbocycles. The number of aromatic carboxylic acids is 1. The molecule has 0 saturated carbocycles. The van der Waals surface area contributed by atoms with Gasteiger partial charge in [0.05, 0.1) is 22.5 Å². The normalized spacial score (nSPS) is 12.5. The second-order valence-corrected chi connectivity index (χ2v) is 10.6. The van der Waals surface area contributed by atoms with Gasteiger partial charge in [-0.2, -0.15) is 0 Å². The van der Waals surface area contributed by atoms with Crippen LogP contribution in [-0.2, 0) is 11.2 Å². The standard InChI is InChI=1S/C32H29N3O5/c1-32(2,3)40-31(39)35-14-13-23-15-21(10-12-28(23)35)22-9-11-26(30(37)38)27(17-22)34-29(36)25-16-24(18-33-19-25)20-7-5-4-6-8-20/h4-12,15-19H,13-14H2,1-3H3,(H,34,36)(H,37,38). The minimum absolute atomic E-state index is 0.0264. The third-order valence-corrected chi connectivity index (χ3v) is 6.53. The summed E-state index contributed by atoms with van der Waals surface area (Å²) in [6, 6.07) is 21.8. The molecule has 0 radical (unpaired) electrons. The van der Waals surface area contributed by atoms with Crippen molar-refractivity contribution in [2.24, 2.45) is 0 Å². The maximum Gasteiger partial charge on any atom is 0.414 e. The highest BCUT2D eigenvalue weighted by molar-refractivity contribution is 6.08. The summed E-state index contributed by atoms with van der Waals surface area (Å²) in [7, 11) is 0. The van der Waals surface area contributed by atoms with Crippen molar-refractivity contribution in [2.75, 3.05) is 16.8 Å². The van der Waals surface area contributed by atoms with Crippen molar-refractivity contribution in [1.82, 2.24) is 4.98 Å². The first-order valence-electron chi connectivity index (χ1n) is 12.9. The summed E-state index contributed by atoms with van der Waals surface area (Å²) >= 11 is 0. The van der Waals surface area contributed by atoms with Gasteiger partial charge in [0.25, 0.3) is 5.91 Å². The lowest BCUT2D eigenvalue weighted by atomic mass is 9.99. The van der Waals surface area contributed by atoms with Crippen LogP contribution in [0.15, 0.2) is 85.2 Å². The minimum atomic E-state index is -1.15. The Kier molecular flexibility index (Phi) is 7.09. The van der Waals surface area contributed by atoms with Crippen LogP contribution in [0.5, 0.6) is 0 Å². The first-order valence-corrected chi connectivity index (χ1v) is 12.9. The molecule has 0 fully saturated rings. The summed E-state index contributed by atoms with van der Waals surface area (Å²) in [6.07, 6.45) is 3.40. The number of nitrogens with zero attached hydrogens (tertiary/aromatic N) is 2. The Labute approximate surface area is 232 Å². The number of carboxylic acids is 1. The number of benzene rings is 3. The van der Waals surface area contributed by atoms with Gasteiger partial charge < -0.3 is 15.2 Å². The predicted octanol–water partition coefficient (Wildman–Crippen LogP) is 6.66. The lowest BCUT2D eigenvalue weighted by molar-refractivity contribution is 0.0582. The molecule has 8 heteroatoms. The number of hydrogen-bond donors (Lipinski definition) is 2. The summed E-state index contributed by atoms with van der Waals surface area (Å²) in [4.78, 5) is 43.6. The molecule has 0 aliphatic carbocycles. The van der Waals surface area contributed by atoms with Crippen molar-refractivity contribution in [3.63, 3.8) is 0 Å². The first kappa shape index (κ1) is 26.6. The second-order valence-electron chi connectivity index (χ2n) is 10.6. The summed E-state index contributed by atoms with van der Waals surface area (Å²) in [6.45, 7) is 6.01. The van der Waals surface area contributed by atoms with Gasteiger partial charge in [-0.15, -0.1) is 0 Å². The summed E-state index contributed by atoms with van der Waals surface area (Å²) < 4.78 is 5.54. The fraction of sp³-hybridized carbons (Fsp3) is 0.188. The van der Waals surface area contributed by atoms with E-state index >= 15 is 0 Å². The van der Waals surface area contributed by atoms with E-state index in [1.54, 1.807) is 29.3 Å². The Hall–Kier alpha value is -4.98. The van der Waals surface area contributed by atoms with Gasteiger partial charge in [0.15, 0.2) is 0 Å². The largest absolute Gasteiger partial charge is 0.478 e. The molecule has 0 unspecified atom stereocenters. The molecule has 0 spiro atoms. The number of rotatable bonds is 5. The van der Waals surface area contributed by atoms with E-state index in [4.69, 9.17) is 4.74 Å². The lowest BCUT2D eigenvalue weighted by Crippen LogP contribution is -2.35. The molecule has 40 heavy (non-hydrogen) atoms. The highest BCUT2D eigenvalue weighted by Gasteiger charge is 2.29. The van der Waals surface area contributed by atoms with Crippen LogP contribution in [0.25, 0.3) is 22.3 Å². The van der Waals surface area contributed by atoms with Crippen molar-refractivity contribution in [3.05, 3.63) is 102 Å². The zero-order valence-electron chi connectivity index (χ0n) is 22.5. The van der Waals surface area contributed by atoms with Gasteiger partial charge in [-0.25, -0.2) is 9.59 Å². The molecule has 8 nitrogen and oxygen atoms in total. The van der Waals surface area contributed by atoms with E-state index < -0.39 is 17.5 Å². The molecule has 4 aromatic rings. The fourth-order valence-electron chi connectivity index (χ4n) is 4.65. The van der Waals surface area contributed by atoms with Crippen molar-refractivity contribution in [2.45, 2.75) is 32.8 Å². The molecule has 0 saturated heterocycles. The van der Waals surface area contributed by atoms with Crippen LogP contribution in [-0.4, -0.2) is 40.2 Å². The van der Waals surface area contributed by atoms with E-state index in [-0.39, 0.29) is 17.3 Å². The van der Waals surface area contributed by atoms with Gasteiger partial charge in [0.2, 0.25) is 0 Å². The van der Waals surface area contributed by atoms with Crippen LogP contribution in [0.3, 0.4) is 0 Å². The van der Waals surface area contributed by atoms with Crippen LogP contribution in [0.4, 0.5) is 16.2 Å². The molecule has 0 bridgehead atoms. The van der Waals surface area contributed by atoms with E-state index in [0.29, 0.717) is 18.5 Å². The van der Waals surface area contributed by atoms with E-state index in [1.807, 2.05) is 69.3 Å². The minimum Gasteiger partial charge on any atom is -0.478 e. The van der Waals surface area contributed by atoms with Crippen LogP contribution in [0.2, 0.25) is 0 Å². The fourth-order valence-corrected chi connectivity index (χ4v) is 4.65. The SMILES string of the molecule is CC(C)(C)OC(=O)N1CCc2cc(-c3ccc(C(=O)O)c(NC(=O)c4cncc(-c5ccccc5)c4)c3)ccc21. The van der Waals surface area contributed by atoms with Gasteiger partial charge in [-0.3, -0.25) is 14.7 Å². The Balaban J connectivity index is 1.41. The number of amides is 2. The van der Waals surface area contributed by atoms with Crippen LogP contribution in [0.1, 0.15) is 47.1 Å². The Bertz CT molecular complexity index is 1610. The number of fused-ring (bicyclic) bond motifs is 1. The Morgan fingerprint density at radius 3 is 2.33 bits per heavy atom. The third kappa shape index (κ3) is 5.71. The number of anilines is 2. The molecule has 1 aromatic heterocycles. The van der Waals surface area contributed by atoms with Crippen molar-refractivity contribution >= 4 is 29.3 Å². The van der Waals surface area contributed by atoms with Gasteiger partial charge >= 0.3 is 12.1 Å². The van der Waals surface area contributed by atoms with Crippen LogP contribution in [0, 0.1) is 0 Å². The maximum absolute atomic E-state index is 13.2. The number of aromatic nitrogens is 1. The molecule has 202 valence electrons. The zero-order valence-corrected chi connectivity index (χ0v) is 22.5. The highest BCUT2D eigenvalue weighted by Crippen LogP contribution is 2.35. The molecule has 1 aliphatic rings. The lowest BCUT2D eigenvalue weighted by Gasteiger charge is -2.24. The maximum atomic E-state index is 13.2. The second kappa shape index (κ2) is 10.6. The number of pyridine rings is 1. The molecule has 2 N–H and O–H groups in total. The van der Waals surface area contributed by atoms with Gasteiger partial charge in [0.1, 0.15) is 5.60 Å². The summed E-state index contributed by atoms with van der Waals surface area (Å²) in [5.74, 6) is -1.62. The monoisotopic (exact) mass is 535 g/mol. The Morgan fingerprint density at radius 1 is 0.875 bits per heavy atom. The third-order valence-electron chi connectivity index (χ3n) is 6.53. The van der Waals surface area contributed by atoms with Gasteiger partial charge in [-0.05, 0) is 79.8 Å². The first-order chi connectivity index (χ1) is 19.1. The van der Waals surface area contributed by atoms with Crippen molar-refractivity contribution in [1.29, 1.82) is 0 Å². The van der Waals surface area contributed by atoms with E-state index in [1.165, 1.54) is 12.3 Å². The molecular formula is C32H29N3O5. The van der Waals surface area contributed by atoms with Crippen LogP contribution < -0.4 is 10.2 Å². The summed E-state index contributed by atoms with van der Waals surface area (Å²) in [5.41, 5.74) is 4.91. The van der Waals surface area contributed by atoms with E-state index in [0.717, 1.165) is 33.5 Å². The number of ether oxygens (including phenoxy) is 1. The van der Waals surface area contributed by atoms with Crippen molar-refractivity contribution < 1.29 is 24.2 Å². The molecule has 5 rings (SSSR count). The number of nitrogens with one attached hydrogen (secondary N) is 1. The number of carbonyl (C=O) groups excluding carboxylic acids is 2. The number of hydrogen-bond acceptors (Lipinski definition) is 5. The zero-order chi connectivity index (χ0) is 28.4. The molecule has 2 amide bonds. The van der Waals surface area contributed by atoms with Crippen molar-refractivity contribution in [3.8, 4) is 22.3 Å². The van der Waals surface area contributed by atoms with Crippen LogP contribution >= 0.6 is 0 Å². The van der Waals surface area contributed by atoms with E-state index in [2.05, 4.69) is 10.3 Å². The quantitative estimate of drug-likeness (QED) is 0.296. The summed E-state index contributed by atoms with van der Waals surface area (Å²) in [5, 5.41) is 12.5. The average molecular weight is 536 g/mol. The molecule has 1 aliphatic heterocycles. The number of carboxylic acid groups (broad SMARTS) is 1. The predicted molar refractivity (Wildman–Crippen MR) is 154 cm³/mol. The molecular weight excluding hydrogens is 506 g/mol. The van der Waals surface area contributed by atoms with Gasteiger partial charge in [0, 0.05) is 24.5 Å². The van der Waals surface area contributed by atoms with Gasteiger partial charge in [-0.1, -0.05) is 42.5 Å². The average Bonchev–Trinajstić information content (AvgIpc) is 3.36. The molecule has 0 atom stereocenters. The number of carbonyl (C=O) groups is 3. The highest BCUT2D eigenvalue weighted by atomic mass is 16.6. The van der Waals surface area contributed by atoms with E-state index in [9.17, 15) is 19.5 Å².